The monoisotopic (exact) mass is 311 g/mol. The van der Waals surface area contributed by atoms with Gasteiger partial charge < -0.3 is 10.5 Å². The number of hydrogen-bond donors (Lipinski definition) is 1. The lowest BCUT2D eigenvalue weighted by Crippen LogP contribution is -2.28. The molecule has 0 aliphatic heterocycles. The van der Waals surface area contributed by atoms with E-state index >= 15 is 0 Å². The maximum atomic E-state index is 12.1. The Hall–Kier alpha value is -1.03. The molecule has 1 aromatic carbocycles. The van der Waals surface area contributed by atoms with Crippen LogP contribution in [-0.4, -0.2) is 12.1 Å². The topological polar surface area (TPSA) is 52.3 Å². The van der Waals surface area contributed by atoms with Crippen LogP contribution >= 0.6 is 15.9 Å². The van der Waals surface area contributed by atoms with Gasteiger partial charge in [-0.25, -0.2) is 4.79 Å². The summed E-state index contributed by atoms with van der Waals surface area (Å²) in [5, 5.41) is 0. The molecule has 0 spiro atoms. The minimum Gasteiger partial charge on any atom is -0.458 e. The van der Waals surface area contributed by atoms with Gasteiger partial charge in [0.1, 0.15) is 6.10 Å². The molecule has 2 unspecified atom stereocenters. The minimum atomic E-state index is -0.284. The van der Waals surface area contributed by atoms with Crippen molar-refractivity contribution in [1.82, 2.24) is 0 Å². The van der Waals surface area contributed by atoms with Gasteiger partial charge in [0.15, 0.2) is 0 Å². The van der Waals surface area contributed by atoms with Crippen LogP contribution in [-0.2, 0) is 4.74 Å². The number of carbonyl (C=O) groups is 1. The molecule has 1 fully saturated rings. The molecule has 2 rings (SSSR count). The second kappa shape index (κ2) is 5.74. The highest BCUT2D eigenvalue weighted by molar-refractivity contribution is 9.10. The molecule has 4 heteroatoms. The number of nitrogens with two attached hydrogens (primary N) is 1. The lowest BCUT2D eigenvalue weighted by atomic mass is 9.88. The van der Waals surface area contributed by atoms with Crippen LogP contribution in [0.5, 0.6) is 0 Å². The number of rotatable bonds is 2. The number of ether oxygens (including phenoxy) is 1. The molecular weight excluding hydrogens is 294 g/mol. The van der Waals surface area contributed by atoms with E-state index in [1.165, 1.54) is 6.42 Å². The van der Waals surface area contributed by atoms with Crippen molar-refractivity contribution in [3.8, 4) is 0 Å². The van der Waals surface area contributed by atoms with E-state index < -0.39 is 0 Å². The molecule has 0 bridgehead atoms. The summed E-state index contributed by atoms with van der Waals surface area (Å²) in [6.45, 7) is 2.14. The number of anilines is 1. The van der Waals surface area contributed by atoms with Crippen molar-refractivity contribution >= 4 is 27.6 Å². The summed E-state index contributed by atoms with van der Waals surface area (Å²) in [5.74, 6) is 0.162. The molecule has 2 N–H and O–H groups in total. The summed E-state index contributed by atoms with van der Waals surface area (Å²) >= 11 is 3.35. The van der Waals surface area contributed by atoms with Crippen molar-refractivity contribution < 1.29 is 9.53 Å². The van der Waals surface area contributed by atoms with Crippen molar-refractivity contribution in [3.63, 3.8) is 0 Å². The molecule has 0 saturated heterocycles. The van der Waals surface area contributed by atoms with Crippen molar-refractivity contribution in [2.45, 2.75) is 38.7 Å². The molecule has 1 aliphatic rings. The maximum absolute atomic E-state index is 12.1. The maximum Gasteiger partial charge on any atom is 0.339 e. The van der Waals surface area contributed by atoms with Crippen molar-refractivity contribution in [2.24, 2.45) is 5.92 Å². The Balaban J connectivity index is 2.09. The zero-order chi connectivity index (χ0) is 13.1. The number of benzene rings is 1. The number of nitrogen functional groups attached to an aromatic ring is 1. The predicted octanol–water partition coefficient (Wildman–Crippen LogP) is 3.77. The van der Waals surface area contributed by atoms with Crippen LogP contribution in [0.15, 0.2) is 22.7 Å². The van der Waals surface area contributed by atoms with Crippen LogP contribution < -0.4 is 5.73 Å². The van der Waals surface area contributed by atoms with Gasteiger partial charge in [0.25, 0.3) is 0 Å². The highest BCUT2D eigenvalue weighted by Gasteiger charge is 2.25. The Labute approximate surface area is 116 Å². The molecule has 1 aromatic rings. The van der Waals surface area contributed by atoms with Crippen LogP contribution in [0.1, 0.15) is 43.0 Å². The minimum absolute atomic E-state index is 0.0413. The zero-order valence-corrected chi connectivity index (χ0v) is 12.1. The smallest absolute Gasteiger partial charge is 0.339 e. The SMILES string of the molecule is CC1CCCCC1OC(=O)c1cc(N)ccc1Br. The molecule has 98 valence electrons. The molecule has 1 saturated carbocycles. The zero-order valence-electron chi connectivity index (χ0n) is 10.5. The lowest BCUT2D eigenvalue weighted by Gasteiger charge is -2.28. The molecule has 0 aromatic heterocycles. The van der Waals surface area contributed by atoms with Crippen molar-refractivity contribution in [1.29, 1.82) is 0 Å². The van der Waals surface area contributed by atoms with Crippen LogP contribution in [0, 0.1) is 5.92 Å². The summed E-state index contributed by atoms with van der Waals surface area (Å²) in [6.07, 6.45) is 4.51. The largest absolute Gasteiger partial charge is 0.458 e. The van der Waals surface area contributed by atoms with E-state index in [9.17, 15) is 4.79 Å². The first kappa shape index (κ1) is 13.4. The fourth-order valence-electron chi connectivity index (χ4n) is 2.36. The van der Waals surface area contributed by atoms with E-state index in [2.05, 4.69) is 22.9 Å². The van der Waals surface area contributed by atoms with E-state index in [0.717, 1.165) is 23.7 Å². The van der Waals surface area contributed by atoms with Gasteiger partial charge in [-0.15, -0.1) is 0 Å². The van der Waals surface area contributed by atoms with E-state index in [0.29, 0.717) is 17.2 Å². The normalized spacial score (nSPS) is 23.7. The fourth-order valence-corrected chi connectivity index (χ4v) is 2.77. The number of carbonyl (C=O) groups excluding carboxylic acids is 1. The van der Waals surface area contributed by atoms with Crippen molar-refractivity contribution in [3.05, 3.63) is 28.2 Å². The average Bonchev–Trinajstić information content (AvgIpc) is 2.35. The summed E-state index contributed by atoms with van der Waals surface area (Å²) in [7, 11) is 0. The highest BCUT2D eigenvalue weighted by atomic mass is 79.9. The Bertz CT molecular complexity index is 447. The van der Waals surface area contributed by atoms with Gasteiger partial charge in [-0.1, -0.05) is 13.3 Å². The summed E-state index contributed by atoms with van der Waals surface area (Å²) < 4.78 is 6.33. The number of hydrogen-bond acceptors (Lipinski definition) is 3. The quantitative estimate of drug-likeness (QED) is 0.668. The molecule has 18 heavy (non-hydrogen) atoms. The fraction of sp³-hybridized carbons (Fsp3) is 0.500. The van der Waals surface area contributed by atoms with E-state index in [1.54, 1.807) is 18.2 Å². The van der Waals surface area contributed by atoms with Crippen molar-refractivity contribution in [2.75, 3.05) is 5.73 Å². The lowest BCUT2D eigenvalue weighted by molar-refractivity contribution is 0.00472. The first-order valence-electron chi connectivity index (χ1n) is 6.34. The molecule has 3 nitrogen and oxygen atoms in total. The Morgan fingerprint density at radius 2 is 2.11 bits per heavy atom. The first-order valence-corrected chi connectivity index (χ1v) is 7.13. The number of esters is 1. The molecule has 1 aliphatic carbocycles. The summed E-state index contributed by atoms with van der Waals surface area (Å²) in [5.41, 5.74) is 6.78. The summed E-state index contributed by atoms with van der Waals surface area (Å²) in [4.78, 5) is 12.1. The Kier molecular flexibility index (Phi) is 4.27. The van der Waals surface area contributed by atoms with Crippen LogP contribution in [0.3, 0.4) is 0 Å². The van der Waals surface area contributed by atoms with E-state index in [-0.39, 0.29) is 12.1 Å². The Morgan fingerprint density at radius 3 is 2.83 bits per heavy atom. The van der Waals surface area contributed by atoms with Crippen LogP contribution in [0.4, 0.5) is 5.69 Å². The summed E-state index contributed by atoms with van der Waals surface area (Å²) in [6, 6.07) is 5.18. The molecule has 0 heterocycles. The van der Waals surface area contributed by atoms with Gasteiger partial charge >= 0.3 is 5.97 Å². The highest BCUT2D eigenvalue weighted by Crippen LogP contribution is 2.28. The van der Waals surface area contributed by atoms with Gasteiger partial charge in [-0.2, -0.15) is 0 Å². The molecule has 2 atom stereocenters. The van der Waals surface area contributed by atoms with Gasteiger partial charge in [-0.05, 0) is 59.3 Å². The third kappa shape index (κ3) is 3.05. The third-order valence-corrected chi connectivity index (χ3v) is 4.19. The van der Waals surface area contributed by atoms with Gasteiger partial charge in [0.2, 0.25) is 0 Å². The van der Waals surface area contributed by atoms with Crippen LogP contribution in [0.25, 0.3) is 0 Å². The van der Waals surface area contributed by atoms with E-state index in [1.807, 2.05) is 0 Å². The third-order valence-electron chi connectivity index (χ3n) is 3.50. The van der Waals surface area contributed by atoms with Gasteiger partial charge in [0, 0.05) is 10.2 Å². The van der Waals surface area contributed by atoms with Gasteiger partial charge in [-0.3, -0.25) is 0 Å². The van der Waals surface area contributed by atoms with Gasteiger partial charge in [0.05, 0.1) is 5.56 Å². The Morgan fingerprint density at radius 1 is 1.39 bits per heavy atom. The molecule has 0 radical (unpaired) electrons. The molecular formula is C14H18BrNO2. The van der Waals surface area contributed by atoms with E-state index in [4.69, 9.17) is 10.5 Å². The van der Waals surface area contributed by atoms with Crippen LogP contribution in [0.2, 0.25) is 0 Å². The second-order valence-electron chi connectivity index (χ2n) is 4.94. The predicted molar refractivity (Wildman–Crippen MR) is 75.4 cm³/mol. The second-order valence-corrected chi connectivity index (χ2v) is 5.80. The number of halogens is 1. The standard InChI is InChI=1S/C14H18BrNO2/c1-9-4-2-3-5-13(9)18-14(17)11-8-10(16)6-7-12(11)15/h6-9,13H,2-5,16H2,1H3. The molecule has 0 amide bonds. The average molecular weight is 312 g/mol. The first-order chi connectivity index (χ1) is 8.58.